The van der Waals surface area contributed by atoms with Gasteiger partial charge in [0.25, 0.3) is 0 Å². The van der Waals surface area contributed by atoms with E-state index in [0.29, 0.717) is 5.75 Å². The summed E-state index contributed by atoms with van der Waals surface area (Å²) < 4.78 is 4.98. The van der Waals surface area contributed by atoms with Gasteiger partial charge in [0.15, 0.2) is 0 Å². The van der Waals surface area contributed by atoms with E-state index in [-0.39, 0.29) is 0 Å². The molecular formula is C20H24O3. The third-order valence-electron chi connectivity index (χ3n) is 4.48. The molecule has 0 amide bonds. The van der Waals surface area contributed by atoms with Gasteiger partial charge in [-0.15, -0.1) is 0 Å². The molecule has 0 aromatic heterocycles. The minimum absolute atomic E-state index is 0.417. The number of unbranched alkanes of at least 4 members (excludes halogenated alkanes) is 1. The number of hydrogen-bond acceptors (Lipinski definition) is 2. The van der Waals surface area contributed by atoms with E-state index < -0.39 is 6.16 Å². The number of ether oxygens (including phenoxy) is 1. The van der Waals surface area contributed by atoms with Crippen LogP contribution in [0.5, 0.6) is 5.75 Å². The highest BCUT2D eigenvalue weighted by Gasteiger charge is 2.15. The average molecular weight is 312 g/mol. The lowest BCUT2D eigenvalue weighted by molar-refractivity contribution is 0.144. The minimum atomic E-state index is -1.28. The molecule has 0 spiro atoms. The zero-order chi connectivity index (χ0) is 17.0. The fraction of sp³-hybridized carbons (Fsp3) is 0.350. The Labute approximate surface area is 137 Å². The van der Waals surface area contributed by atoms with Crippen LogP contribution in [0, 0.1) is 20.8 Å². The summed E-state index contributed by atoms with van der Waals surface area (Å²) in [6.07, 6.45) is 2.03. The summed E-state index contributed by atoms with van der Waals surface area (Å²) >= 11 is 0. The molecule has 0 atom stereocenters. The second-order valence-electron chi connectivity index (χ2n) is 5.93. The Kier molecular flexibility index (Phi) is 5.43. The fourth-order valence-corrected chi connectivity index (χ4v) is 2.86. The zero-order valence-corrected chi connectivity index (χ0v) is 14.3. The third-order valence-corrected chi connectivity index (χ3v) is 4.48. The highest BCUT2D eigenvalue weighted by atomic mass is 16.7. The molecule has 0 saturated heterocycles. The van der Waals surface area contributed by atoms with Crippen molar-refractivity contribution in [2.75, 3.05) is 0 Å². The predicted octanol–water partition coefficient (Wildman–Crippen LogP) is 5.68. The maximum absolute atomic E-state index is 11.0. The molecule has 1 N–H and O–H groups in total. The van der Waals surface area contributed by atoms with E-state index >= 15 is 0 Å². The molecule has 0 bridgehead atoms. The predicted molar refractivity (Wildman–Crippen MR) is 93.4 cm³/mol. The molecule has 2 aromatic rings. The Morgan fingerprint density at radius 3 is 2.39 bits per heavy atom. The Bertz CT molecular complexity index is 717. The number of aryl methyl sites for hydroxylation is 1. The van der Waals surface area contributed by atoms with Crippen LogP contribution in [0.15, 0.2) is 30.3 Å². The van der Waals surface area contributed by atoms with E-state index in [9.17, 15) is 4.79 Å². The van der Waals surface area contributed by atoms with Crippen molar-refractivity contribution in [3.05, 3.63) is 52.6 Å². The van der Waals surface area contributed by atoms with Gasteiger partial charge in [0.1, 0.15) is 5.75 Å². The fourth-order valence-electron chi connectivity index (χ4n) is 2.86. The third kappa shape index (κ3) is 3.73. The summed E-state index contributed by atoms with van der Waals surface area (Å²) in [5.74, 6) is 0.417. The first-order chi connectivity index (χ1) is 11.0. The molecule has 2 rings (SSSR count). The molecule has 2 aromatic carbocycles. The van der Waals surface area contributed by atoms with Crippen molar-refractivity contribution in [2.45, 2.75) is 47.0 Å². The lowest BCUT2D eigenvalue weighted by atomic mass is 9.89. The molecule has 0 aliphatic rings. The van der Waals surface area contributed by atoms with Crippen LogP contribution in [-0.2, 0) is 6.42 Å². The second-order valence-corrected chi connectivity index (χ2v) is 5.93. The van der Waals surface area contributed by atoms with Gasteiger partial charge >= 0.3 is 6.16 Å². The summed E-state index contributed by atoms with van der Waals surface area (Å²) in [5.41, 5.74) is 6.63. The van der Waals surface area contributed by atoms with Crippen molar-refractivity contribution in [1.82, 2.24) is 0 Å². The highest BCUT2D eigenvalue weighted by molar-refractivity contribution is 5.75. The summed E-state index contributed by atoms with van der Waals surface area (Å²) in [6.45, 7) is 8.17. The standard InChI is InChI=1S/C20H24O3/c1-5-6-9-16-10-7-8-11-17(16)18-12-19(23-20(21)22)15(4)13(2)14(18)3/h7-8,10-12H,5-6,9H2,1-4H3,(H,21,22). The summed E-state index contributed by atoms with van der Waals surface area (Å²) in [7, 11) is 0. The molecule has 122 valence electrons. The molecule has 23 heavy (non-hydrogen) atoms. The van der Waals surface area contributed by atoms with Crippen molar-refractivity contribution >= 4 is 6.16 Å². The molecule has 0 fully saturated rings. The van der Waals surface area contributed by atoms with Crippen molar-refractivity contribution in [1.29, 1.82) is 0 Å². The number of rotatable bonds is 5. The van der Waals surface area contributed by atoms with Gasteiger partial charge in [-0.1, -0.05) is 37.6 Å². The topological polar surface area (TPSA) is 46.5 Å². The van der Waals surface area contributed by atoms with E-state index in [4.69, 9.17) is 9.84 Å². The first-order valence-electron chi connectivity index (χ1n) is 8.05. The normalized spacial score (nSPS) is 10.6. The summed E-state index contributed by atoms with van der Waals surface area (Å²) in [4.78, 5) is 11.0. The molecule has 0 saturated carbocycles. The van der Waals surface area contributed by atoms with Crippen LogP contribution < -0.4 is 4.74 Å². The van der Waals surface area contributed by atoms with Crippen LogP contribution in [0.4, 0.5) is 4.79 Å². The smallest absolute Gasteiger partial charge is 0.449 e. The van der Waals surface area contributed by atoms with Crippen LogP contribution in [-0.4, -0.2) is 11.3 Å². The number of hydrogen-bond donors (Lipinski definition) is 1. The Hall–Kier alpha value is -2.29. The second kappa shape index (κ2) is 7.32. The van der Waals surface area contributed by atoms with Gasteiger partial charge in [-0.3, -0.25) is 0 Å². The minimum Gasteiger partial charge on any atom is -0.449 e. The summed E-state index contributed by atoms with van der Waals surface area (Å²) in [5, 5.41) is 8.96. The molecular weight excluding hydrogens is 288 g/mol. The van der Waals surface area contributed by atoms with Crippen LogP contribution in [0.1, 0.15) is 42.0 Å². The first-order valence-corrected chi connectivity index (χ1v) is 8.05. The Morgan fingerprint density at radius 1 is 1.04 bits per heavy atom. The van der Waals surface area contributed by atoms with E-state index in [1.165, 1.54) is 11.1 Å². The van der Waals surface area contributed by atoms with Crippen LogP contribution in [0.2, 0.25) is 0 Å². The molecule has 0 radical (unpaired) electrons. The van der Waals surface area contributed by atoms with Gasteiger partial charge in [-0.2, -0.15) is 0 Å². The first kappa shape index (κ1) is 17.1. The zero-order valence-electron chi connectivity index (χ0n) is 14.3. The Balaban J connectivity index is 2.59. The van der Waals surface area contributed by atoms with E-state index in [2.05, 4.69) is 32.0 Å². The average Bonchev–Trinajstić information content (AvgIpc) is 2.53. The Morgan fingerprint density at radius 2 is 1.74 bits per heavy atom. The largest absolute Gasteiger partial charge is 0.511 e. The highest BCUT2D eigenvalue weighted by Crippen LogP contribution is 2.36. The SMILES string of the molecule is CCCCc1ccccc1-c1cc(OC(=O)O)c(C)c(C)c1C. The van der Waals surface area contributed by atoms with Gasteiger partial charge in [-0.25, -0.2) is 4.79 Å². The van der Waals surface area contributed by atoms with Crippen molar-refractivity contribution in [3.63, 3.8) is 0 Å². The number of benzene rings is 2. The maximum atomic E-state index is 11.0. The molecule has 0 unspecified atom stereocenters. The van der Waals surface area contributed by atoms with E-state index in [1.807, 2.05) is 26.0 Å². The maximum Gasteiger partial charge on any atom is 0.511 e. The van der Waals surface area contributed by atoms with Crippen LogP contribution in [0.3, 0.4) is 0 Å². The van der Waals surface area contributed by atoms with Crippen LogP contribution in [0.25, 0.3) is 11.1 Å². The van der Waals surface area contributed by atoms with E-state index in [1.54, 1.807) is 0 Å². The lowest BCUT2D eigenvalue weighted by Crippen LogP contribution is -2.06. The molecule has 0 aliphatic carbocycles. The lowest BCUT2D eigenvalue weighted by Gasteiger charge is -2.17. The quantitative estimate of drug-likeness (QED) is 0.571. The van der Waals surface area contributed by atoms with E-state index in [0.717, 1.165) is 41.5 Å². The van der Waals surface area contributed by atoms with Gasteiger partial charge in [-0.05, 0) is 73.1 Å². The van der Waals surface area contributed by atoms with Crippen molar-refractivity contribution in [3.8, 4) is 16.9 Å². The van der Waals surface area contributed by atoms with Crippen molar-refractivity contribution in [2.24, 2.45) is 0 Å². The van der Waals surface area contributed by atoms with Crippen LogP contribution >= 0.6 is 0 Å². The van der Waals surface area contributed by atoms with Gasteiger partial charge in [0.2, 0.25) is 0 Å². The van der Waals surface area contributed by atoms with Gasteiger partial charge < -0.3 is 9.84 Å². The molecule has 3 nitrogen and oxygen atoms in total. The number of carboxylic acid groups (broad SMARTS) is 1. The number of carbonyl (C=O) groups is 1. The molecule has 0 aliphatic heterocycles. The molecule has 3 heteroatoms. The van der Waals surface area contributed by atoms with Crippen molar-refractivity contribution < 1.29 is 14.6 Å². The van der Waals surface area contributed by atoms with Gasteiger partial charge in [0, 0.05) is 0 Å². The molecule has 0 heterocycles. The summed E-state index contributed by atoms with van der Waals surface area (Å²) in [6, 6.07) is 10.2. The monoisotopic (exact) mass is 312 g/mol. The van der Waals surface area contributed by atoms with Gasteiger partial charge in [0.05, 0.1) is 0 Å².